The SMILES string of the molecule is C1=C(c2ccc3oc4c(c3c2)CC(c2ccccc2)c2ccccc2-4)CC(c2ccccc2)CC1c1ccc2c(c1)oc1ccccc12. The van der Waals surface area contributed by atoms with Crippen LogP contribution in [0.3, 0.4) is 0 Å². The topological polar surface area (TPSA) is 26.3 Å². The van der Waals surface area contributed by atoms with Crippen LogP contribution in [0.2, 0.25) is 0 Å². The van der Waals surface area contributed by atoms with E-state index < -0.39 is 0 Å². The molecule has 0 N–H and O–H groups in total. The van der Waals surface area contributed by atoms with Crippen LogP contribution in [0.4, 0.5) is 0 Å². The van der Waals surface area contributed by atoms with Crippen LogP contribution in [0.25, 0.3) is 49.8 Å². The lowest BCUT2D eigenvalue weighted by atomic mass is 9.74. The van der Waals surface area contributed by atoms with Crippen molar-refractivity contribution < 1.29 is 8.83 Å². The van der Waals surface area contributed by atoms with Crippen molar-refractivity contribution in [3.05, 3.63) is 185 Å². The lowest BCUT2D eigenvalue weighted by Gasteiger charge is -2.30. The van der Waals surface area contributed by atoms with Crippen molar-refractivity contribution in [2.45, 2.75) is 37.0 Å². The third-order valence-corrected chi connectivity index (χ3v) is 10.9. The first-order valence-electron chi connectivity index (χ1n) is 17.1. The van der Waals surface area contributed by atoms with Gasteiger partial charge in [0.05, 0.1) is 0 Å². The van der Waals surface area contributed by atoms with E-state index in [4.69, 9.17) is 8.83 Å². The minimum atomic E-state index is 0.278. The molecule has 0 spiro atoms. The highest BCUT2D eigenvalue weighted by atomic mass is 16.3. The lowest BCUT2D eigenvalue weighted by molar-refractivity contribution is 0.575. The fraction of sp³-hybridized carbons (Fsp3) is 0.130. The Morgan fingerprint density at radius 3 is 2.10 bits per heavy atom. The largest absolute Gasteiger partial charge is 0.456 e. The van der Waals surface area contributed by atoms with Crippen LogP contribution in [-0.4, -0.2) is 0 Å². The molecule has 0 saturated carbocycles. The van der Waals surface area contributed by atoms with E-state index in [1.807, 2.05) is 6.07 Å². The summed E-state index contributed by atoms with van der Waals surface area (Å²) < 4.78 is 13.0. The number of allylic oxidation sites excluding steroid dienone is 2. The van der Waals surface area contributed by atoms with Gasteiger partial charge in [0.1, 0.15) is 22.5 Å². The first kappa shape index (κ1) is 27.5. The maximum Gasteiger partial charge on any atom is 0.138 e. The Morgan fingerprint density at radius 2 is 1.23 bits per heavy atom. The molecular formula is C46H34O2. The number of rotatable bonds is 4. The fourth-order valence-electron chi connectivity index (χ4n) is 8.51. The van der Waals surface area contributed by atoms with Crippen molar-refractivity contribution in [2.24, 2.45) is 0 Å². The van der Waals surface area contributed by atoms with Crippen LogP contribution in [0, 0.1) is 0 Å². The molecule has 3 unspecified atom stereocenters. The molecule has 2 aromatic heterocycles. The van der Waals surface area contributed by atoms with Crippen LogP contribution < -0.4 is 0 Å². The van der Waals surface area contributed by atoms with Crippen LogP contribution in [0.15, 0.2) is 161 Å². The van der Waals surface area contributed by atoms with Crippen molar-refractivity contribution >= 4 is 38.5 Å². The third-order valence-electron chi connectivity index (χ3n) is 10.9. The fourth-order valence-corrected chi connectivity index (χ4v) is 8.51. The monoisotopic (exact) mass is 618 g/mol. The van der Waals surface area contributed by atoms with E-state index >= 15 is 0 Å². The van der Waals surface area contributed by atoms with E-state index in [1.54, 1.807) is 0 Å². The zero-order valence-corrected chi connectivity index (χ0v) is 26.6. The number of para-hydroxylation sites is 1. The molecule has 2 heteroatoms. The normalized spacial score (nSPS) is 18.9. The number of benzene rings is 6. The summed E-state index contributed by atoms with van der Waals surface area (Å²) in [6, 6.07) is 52.8. The van der Waals surface area contributed by atoms with Crippen molar-refractivity contribution in [3.8, 4) is 11.3 Å². The van der Waals surface area contributed by atoms with Crippen LogP contribution in [-0.2, 0) is 6.42 Å². The van der Waals surface area contributed by atoms with Crippen molar-refractivity contribution in [2.75, 3.05) is 0 Å². The van der Waals surface area contributed by atoms with Gasteiger partial charge in [-0.1, -0.05) is 127 Å². The molecule has 0 aliphatic heterocycles. The predicted molar refractivity (Wildman–Crippen MR) is 196 cm³/mol. The summed E-state index contributed by atoms with van der Waals surface area (Å²) in [4.78, 5) is 0. The van der Waals surface area contributed by atoms with E-state index in [-0.39, 0.29) is 5.92 Å². The minimum absolute atomic E-state index is 0.278. The van der Waals surface area contributed by atoms with Gasteiger partial charge in [-0.15, -0.1) is 0 Å². The second-order valence-electron chi connectivity index (χ2n) is 13.6. The third kappa shape index (κ3) is 4.47. The van der Waals surface area contributed by atoms with Gasteiger partial charge in [-0.2, -0.15) is 0 Å². The summed E-state index contributed by atoms with van der Waals surface area (Å²) in [6.45, 7) is 0. The molecule has 3 atom stereocenters. The van der Waals surface area contributed by atoms with Gasteiger partial charge in [0.2, 0.25) is 0 Å². The van der Waals surface area contributed by atoms with Gasteiger partial charge >= 0.3 is 0 Å². The van der Waals surface area contributed by atoms with Gasteiger partial charge in [0, 0.05) is 39.1 Å². The molecular weight excluding hydrogens is 585 g/mol. The van der Waals surface area contributed by atoms with Gasteiger partial charge in [0.15, 0.2) is 0 Å². The van der Waals surface area contributed by atoms with Crippen molar-refractivity contribution in [3.63, 3.8) is 0 Å². The second-order valence-corrected chi connectivity index (χ2v) is 13.6. The van der Waals surface area contributed by atoms with Crippen LogP contribution in [0.1, 0.15) is 64.0 Å². The summed E-state index contributed by atoms with van der Waals surface area (Å²) in [5.41, 5.74) is 13.5. The maximum absolute atomic E-state index is 6.66. The Balaban J connectivity index is 1.09. The Labute approximate surface area is 280 Å². The first-order chi connectivity index (χ1) is 23.8. The molecule has 0 fully saturated rings. The first-order valence-corrected chi connectivity index (χ1v) is 17.1. The van der Waals surface area contributed by atoms with Gasteiger partial charge < -0.3 is 8.83 Å². The van der Waals surface area contributed by atoms with Crippen molar-refractivity contribution in [1.29, 1.82) is 0 Å². The van der Waals surface area contributed by atoms with E-state index in [0.717, 1.165) is 41.8 Å². The Bertz CT molecular complexity index is 2500. The molecule has 0 bridgehead atoms. The summed E-state index contributed by atoms with van der Waals surface area (Å²) in [6.07, 6.45) is 5.53. The number of furan rings is 2. The maximum atomic E-state index is 6.66. The minimum Gasteiger partial charge on any atom is -0.456 e. The van der Waals surface area contributed by atoms with Crippen LogP contribution in [0.5, 0.6) is 0 Å². The summed E-state index contributed by atoms with van der Waals surface area (Å²) in [5, 5.41) is 3.59. The van der Waals surface area contributed by atoms with Gasteiger partial charge in [-0.3, -0.25) is 0 Å². The molecule has 8 aromatic rings. The smallest absolute Gasteiger partial charge is 0.138 e. The van der Waals surface area contributed by atoms with Crippen molar-refractivity contribution in [1.82, 2.24) is 0 Å². The van der Waals surface area contributed by atoms with Gasteiger partial charge in [-0.05, 0) is 82.8 Å². The molecule has 2 aliphatic rings. The summed E-state index contributed by atoms with van der Waals surface area (Å²) in [5.74, 6) is 2.03. The van der Waals surface area contributed by atoms with Gasteiger partial charge in [-0.25, -0.2) is 0 Å². The summed E-state index contributed by atoms with van der Waals surface area (Å²) in [7, 11) is 0. The molecule has 0 amide bonds. The quantitative estimate of drug-likeness (QED) is 0.196. The number of hydrogen-bond donors (Lipinski definition) is 0. The Kier molecular flexibility index (Phi) is 6.30. The molecule has 2 heterocycles. The molecule has 2 aliphatic carbocycles. The zero-order chi connectivity index (χ0) is 31.6. The molecule has 6 aromatic carbocycles. The average molecular weight is 619 g/mol. The van der Waals surface area contributed by atoms with Crippen LogP contribution >= 0.6 is 0 Å². The highest BCUT2D eigenvalue weighted by Gasteiger charge is 2.31. The lowest BCUT2D eigenvalue weighted by Crippen LogP contribution is -2.12. The van der Waals surface area contributed by atoms with E-state index in [0.29, 0.717) is 11.8 Å². The van der Waals surface area contributed by atoms with Gasteiger partial charge in [0.25, 0.3) is 0 Å². The number of hydrogen-bond acceptors (Lipinski definition) is 2. The Morgan fingerprint density at radius 1 is 0.500 bits per heavy atom. The molecule has 10 rings (SSSR count). The average Bonchev–Trinajstić information content (AvgIpc) is 3.73. The standard InChI is InChI=1S/C46H34O2/c1-3-11-29(12-4-1)33-23-34(25-35(24-33)32-19-21-38-37-16-9-10-18-43(37)47-45(38)27-32)31-20-22-44-41(26-31)42-28-40(30-13-5-2-6-14-30)36-15-7-8-17-39(36)46(42)48-44/h1-22,25-27,33,35,40H,23-24,28H2. The molecule has 0 radical (unpaired) electrons. The molecule has 48 heavy (non-hydrogen) atoms. The van der Waals surface area contributed by atoms with E-state index in [9.17, 15) is 0 Å². The highest BCUT2D eigenvalue weighted by Crippen LogP contribution is 2.49. The predicted octanol–water partition coefficient (Wildman–Crippen LogP) is 12.4. The molecule has 230 valence electrons. The second kappa shape index (κ2) is 11.0. The number of fused-ring (bicyclic) bond motifs is 8. The Hall–Kier alpha value is -5.60. The van der Waals surface area contributed by atoms with E-state index in [2.05, 4.69) is 146 Å². The van der Waals surface area contributed by atoms with E-state index in [1.165, 1.54) is 60.7 Å². The summed E-state index contributed by atoms with van der Waals surface area (Å²) >= 11 is 0. The zero-order valence-electron chi connectivity index (χ0n) is 26.6. The molecule has 0 saturated heterocycles. The molecule has 2 nitrogen and oxygen atoms in total. The highest BCUT2D eigenvalue weighted by molar-refractivity contribution is 6.05.